The summed E-state index contributed by atoms with van der Waals surface area (Å²) in [7, 11) is 2.03. The Morgan fingerprint density at radius 1 is 1.32 bits per heavy atom. The standard InChI is InChI=1S/C15H19N3O/c1-3-9-18(2)12-6-4-5-11-13(12)15(19)17-14(16-11)10-7-8-10/h4-6,10H,3,7-9H2,1-2H3,(H,16,17,19). The highest BCUT2D eigenvalue weighted by Crippen LogP contribution is 2.40. The molecule has 1 heterocycles. The Bertz CT molecular complexity index is 608. The molecule has 19 heavy (non-hydrogen) atoms. The van der Waals surface area contributed by atoms with E-state index in [1.54, 1.807) is 0 Å². The van der Waals surface area contributed by atoms with Crippen LogP contribution < -0.4 is 4.90 Å². The minimum Gasteiger partial charge on any atom is -0.493 e. The lowest BCUT2D eigenvalue weighted by Gasteiger charge is -2.20. The summed E-state index contributed by atoms with van der Waals surface area (Å²) in [5.74, 6) is 1.36. The average Bonchev–Trinajstić information content (AvgIpc) is 3.22. The predicted molar refractivity (Wildman–Crippen MR) is 76.7 cm³/mol. The fourth-order valence-electron chi connectivity index (χ4n) is 2.46. The van der Waals surface area contributed by atoms with Gasteiger partial charge in [-0.05, 0) is 31.4 Å². The molecule has 0 aliphatic heterocycles. The largest absolute Gasteiger partial charge is 0.493 e. The number of aromatic nitrogens is 2. The van der Waals surface area contributed by atoms with Gasteiger partial charge in [0.1, 0.15) is 5.82 Å². The van der Waals surface area contributed by atoms with Gasteiger partial charge in [0.25, 0.3) is 0 Å². The fraction of sp³-hybridized carbons (Fsp3) is 0.467. The van der Waals surface area contributed by atoms with Crippen molar-refractivity contribution >= 4 is 16.6 Å². The number of nitrogens with zero attached hydrogens (tertiary/aromatic N) is 3. The molecule has 1 N–H and O–H groups in total. The topological polar surface area (TPSA) is 49.2 Å². The van der Waals surface area contributed by atoms with Gasteiger partial charge >= 0.3 is 0 Å². The van der Waals surface area contributed by atoms with Gasteiger partial charge < -0.3 is 10.0 Å². The number of rotatable bonds is 4. The van der Waals surface area contributed by atoms with Crippen LogP contribution in [0.5, 0.6) is 5.88 Å². The van der Waals surface area contributed by atoms with E-state index >= 15 is 0 Å². The zero-order chi connectivity index (χ0) is 13.4. The van der Waals surface area contributed by atoms with Crippen LogP contribution in [-0.2, 0) is 0 Å². The molecule has 4 nitrogen and oxygen atoms in total. The van der Waals surface area contributed by atoms with Crippen molar-refractivity contribution in [2.75, 3.05) is 18.5 Å². The second-order valence-corrected chi connectivity index (χ2v) is 5.27. The van der Waals surface area contributed by atoms with Crippen LogP contribution in [0.4, 0.5) is 5.69 Å². The van der Waals surface area contributed by atoms with Gasteiger partial charge in [0.2, 0.25) is 5.88 Å². The van der Waals surface area contributed by atoms with Gasteiger partial charge in [-0.2, -0.15) is 4.98 Å². The zero-order valence-electron chi connectivity index (χ0n) is 11.4. The second kappa shape index (κ2) is 4.68. The lowest BCUT2D eigenvalue weighted by molar-refractivity contribution is 0.456. The summed E-state index contributed by atoms with van der Waals surface area (Å²) in [5, 5.41) is 11.0. The van der Waals surface area contributed by atoms with Crippen LogP contribution in [0.1, 0.15) is 37.9 Å². The van der Waals surface area contributed by atoms with E-state index in [1.165, 1.54) is 0 Å². The minimum absolute atomic E-state index is 0.116. The Balaban J connectivity index is 2.13. The number of benzene rings is 1. The molecule has 0 saturated heterocycles. The lowest BCUT2D eigenvalue weighted by Crippen LogP contribution is -2.18. The third-order valence-corrected chi connectivity index (χ3v) is 3.61. The van der Waals surface area contributed by atoms with Gasteiger partial charge in [0, 0.05) is 19.5 Å². The van der Waals surface area contributed by atoms with E-state index in [4.69, 9.17) is 0 Å². The summed E-state index contributed by atoms with van der Waals surface area (Å²) in [6.07, 6.45) is 3.34. The first kappa shape index (κ1) is 12.2. The molecule has 1 aromatic carbocycles. The third-order valence-electron chi connectivity index (χ3n) is 3.61. The molecule has 1 aromatic heterocycles. The van der Waals surface area contributed by atoms with E-state index in [-0.39, 0.29) is 5.88 Å². The Hall–Kier alpha value is -1.84. The Morgan fingerprint density at radius 3 is 2.79 bits per heavy atom. The number of aromatic hydroxyl groups is 1. The van der Waals surface area contributed by atoms with Crippen LogP contribution in [0, 0.1) is 0 Å². The van der Waals surface area contributed by atoms with E-state index in [1.807, 2.05) is 25.2 Å². The summed E-state index contributed by atoms with van der Waals surface area (Å²) in [4.78, 5) is 11.0. The average molecular weight is 257 g/mol. The molecule has 1 saturated carbocycles. The molecule has 0 unspecified atom stereocenters. The van der Waals surface area contributed by atoms with Gasteiger partial charge in [0.05, 0.1) is 16.6 Å². The van der Waals surface area contributed by atoms with Crippen LogP contribution in [0.3, 0.4) is 0 Å². The minimum atomic E-state index is 0.116. The first-order valence-corrected chi connectivity index (χ1v) is 6.91. The van der Waals surface area contributed by atoms with Crippen LogP contribution in [0.2, 0.25) is 0 Å². The van der Waals surface area contributed by atoms with Crippen molar-refractivity contribution in [2.45, 2.75) is 32.1 Å². The molecule has 0 atom stereocenters. The molecule has 1 fully saturated rings. The van der Waals surface area contributed by atoms with Gasteiger partial charge in [-0.25, -0.2) is 4.98 Å². The molecule has 1 aliphatic carbocycles. The summed E-state index contributed by atoms with van der Waals surface area (Å²) in [6, 6.07) is 5.96. The molecule has 2 aromatic rings. The van der Waals surface area contributed by atoms with Gasteiger partial charge in [-0.3, -0.25) is 0 Å². The molecule has 3 rings (SSSR count). The number of fused-ring (bicyclic) bond motifs is 1. The highest BCUT2D eigenvalue weighted by atomic mass is 16.3. The van der Waals surface area contributed by atoms with Crippen molar-refractivity contribution in [1.82, 2.24) is 9.97 Å². The van der Waals surface area contributed by atoms with Crippen molar-refractivity contribution in [3.8, 4) is 5.88 Å². The van der Waals surface area contributed by atoms with Gasteiger partial charge in [-0.1, -0.05) is 13.0 Å². The van der Waals surface area contributed by atoms with E-state index in [9.17, 15) is 5.11 Å². The smallest absolute Gasteiger partial charge is 0.224 e. The van der Waals surface area contributed by atoms with Crippen LogP contribution in [-0.4, -0.2) is 28.7 Å². The molecule has 1 aliphatic rings. The molecule has 0 radical (unpaired) electrons. The molecule has 0 spiro atoms. The van der Waals surface area contributed by atoms with Crippen molar-refractivity contribution in [1.29, 1.82) is 0 Å². The molecular formula is C15H19N3O. The van der Waals surface area contributed by atoms with Crippen molar-refractivity contribution in [3.05, 3.63) is 24.0 Å². The number of hydrogen-bond acceptors (Lipinski definition) is 4. The summed E-state index contributed by atoms with van der Waals surface area (Å²) >= 11 is 0. The normalized spacial score (nSPS) is 14.8. The molecule has 100 valence electrons. The first-order valence-electron chi connectivity index (χ1n) is 6.91. The highest BCUT2D eigenvalue weighted by molar-refractivity contribution is 5.95. The lowest BCUT2D eigenvalue weighted by atomic mass is 10.1. The molecular weight excluding hydrogens is 238 g/mol. The summed E-state index contributed by atoms with van der Waals surface area (Å²) < 4.78 is 0. The van der Waals surface area contributed by atoms with Crippen LogP contribution in [0.15, 0.2) is 18.2 Å². The maximum absolute atomic E-state index is 10.2. The highest BCUT2D eigenvalue weighted by Gasteiger charge is 2.28. The quantitative estimate of drug-likeness (QED) is 0.914. The van der Waals surface area contributed by atoms with Crippen LogP contribution in [0.25, 0.3) is 10.9 Å². The number of anilines is 1. The Kier molecular flexibility index (Phi) is 3.01. The van der Waals surface area contributed by atoms with Crippen LogP contribution >= 0.6 is 0 Å². The molecule has 4 heteroatoms. The van der Waals surface area contributed by atoms with E-state index in [0.717, 1.165) is 48.2 Å². The van der Waals surface area contributed by atoms with Crippen molar-refractivity contribution < 1.29 is 5.11 Å². The maximum Gasteiger partial charge on any atom is 0.224 e. The van der Waals surface area contributed by atoms with E-state index in [2.05, 4.69) is 21.8 Å². The van der Waals surface area contributed by atoms with Crippen molar-refractivity contribution in [2.24, 2.45) is 0 Å². The summed E-state index contributed by atoms with van der Waals surface area (Å²) in [5.41, 5.74) is 1.84. The van der Waals surface area contributed by atoms with Gasteiger partial charge in [0.15, 0.2) is 0 Å². The van der Waals surface area contributed by atoms with E-state index < -0.39 is 0 Å². The van der Waals surface area contributed by atoms with E-state index in [0.29, 0.717) is 5.92 Å². The fourth-order valence-corrected chi connectivity index (χ4v) is 2.46. The molecule has 0 amide bonds. The predicted octanol–water partition coefficient (Wildman–Crippen LogP) is 3.06. The number of hydrogen-bond donors (Lipinski definition) is 1. The second-order valence-electron chi connectivity index (χ2n) is 5.27. The Labute approximate surface area is 113 Å². The Morgan fingerprint density at radius 2 is 2.11 bits per heavy atom. The summed E-state index contributed by atoms with van der Waals surface area (Å²) in [6.45, 7) is 3.09. The third kappa shape index (κ3) is 2.23. The monoisotopic (exact) mass is 257 g/mol. The first-order chi connectivity index (χ1) is 9.20. The molecule has 0 bridgehead atoms. The zero-order valence-corrected chi connectivity index (χ0v) is 11.4. The van der Waals surface area contributed by atoms with Crippen molar-refractivity contribution in [3.63, 3.8) is 0 Å². The van der Waals surface area contributed by atoms with Gasteiger partial charge in [-0.15, -0.1) is 0 Å². The SMILES string of the molecule is CCCN(C)c1cccc2nc(C3CC3)nc(O)c12. The maximum atomic E-state index is 10.2.